The number of rotatable bonds is 3. The first-order chi connectivity index (χ1) is 13.9. The number of nitriles is 1. The van der Waals surface area contributed by atoms with E-state index in [0.717, 1.165) is 6.26 Å². The summed E-state index contributed by atoms with van der Waals surface area (Å²) in [6.07, 6.45) is 1.14. The fourth-order valence-corrected chi connectivity index (χ4v) is 3.80. The Balaban J connectivity index is 2.01. The van der Waals surface area contributed by atoms with Gasteiger partial charge in [-0.15, -0.1) is 0 Å². The first kappa shape index (κ1) is 18.7. The van der Waals surface area contributed by atoms with E-state index in [4.69, 9.17) is 9.68 Å². The minimum Gasteiger partial charge on any atom is -0.455 e. The first-order valence-corrected chi connectivity index (χ1v) is 10.6. The van der Waals surface area contributed by atoms with Crippen LogP contribution in [0.1, 0.15) is 5.56 Å². The third-order valence-electron chi connectivity index (χ3n) is 4.65. The standard InChI is InChI=1S/C23H15NO4S/c1-29(26,27)18-12-10-17(11-13-18)23-21(16-8-6-15(14-24)7-9-16)22(25)19-4-2-3-5-20(19)28-23/h2-13H,1H3. The average molecular weight is 401 g/mol. The van der Waals surface area contributed by atoms with Gasteiger partial charge in [0.05, 0.1) is 27.5 Å². The van der Waals surface area contributed by atoms with Crippen molar-refractivity contribution in [3.05, 3.63) is 88.6 Å². The van der Waals surface area contributed by atoms with Crippen molar-refractivity contribution in [2.24, 2.45) is 0 Å². The van der Waals surface area contributed by atoms with Gasteiger partial charge in [-0.3, -0.25) is 4.79 Å². The van der Waals surface area contributed by atoms with Crippen LogP contribution in [-0.4, -0.2) is 14.7 Å². The summed E-state index contributed by atoms with van der Waals surface area (Å²) in [6, 6.07) is 21.9. The summed E-state index contributed by atoms with van der Waals surface area (Å²) in [5, 5.41) is 9.49. The highest BCUT2D eigenvalue weighted by molar-refractivity contribution is 7.90. The summed E-state index contributed by atoms with van der Waals surface area (Å²) < 4.78 is 29.6. The zero-order chi connectivity index (χ0) is 20.6. The Kier molecular flexibility index (Phi) is 4.53. The van der Waals surface area contributed by atoms with Gasteiger partial charge in [0.1, 0.15) is 11.3 Å². The van der Waals surface area contributed by atoms with Crippen molar-refractivity contribution in [2.75, 3.05) is 6.26 Å². The van der Waals surface area contributed by atoms with Crippen LogP contribution >= 0.6 is 0 Å². The van der Waals surface area contributed by atoms with Crippen molar-refractivity contribution in [3.8, 4) is 28.5 Å². The molecule has 0 aliphatic carbocycles. The second-order valence-electron chi connectivity index (χ2n) is 6.62. The van der Waals surface area contributed by atoms with Gasteiger partial charge in [-0.1, -0.05) is 24.3 Å². The second kappa shape index (κ2) is 7.04. The molecule has 29 heavy (non-hydrogen) atoms. The molecule has 1 aromatic heterocycles. The first-order valence-electron chi connectivity index (χ1n) is 8.75. The molecule has 3 aromatic carbocycles. The van der Waals surface area contributed by atoms with Gasteiger partial charge in [-0.05, 0) is 54.1 Å². The fraction of sp³-hybridized carbons (Fsp3) is 0.0435. The average Bonchev–Trinajstić information content (AvgIpc) is 2.73. The molecule has 0 saturated carbocycles. The minimum absolute atomic E-state index is 0.185. The van der Waals surface area contributed by atoms with Gasteiger partial charge < -0.3 is 4.42 Å². The molecule has 0 amide bonds. The SMILES string of the molecule is CS(=O)(=O)c1ccc(-c2oc3ccccc3c(=O)c2-c2ccc(C#N)cc2)cc1. The number of benzene rings is 3. The van der Waals surface area contributed by atoms with Crippen molar-refractivity contribution in [2.45, 2.75) is 4.90 Å². The van der Waals surface area contributed by atoms with Gasteiger partial charge in [-0.25, -0.2) is 8.42 Å². The Morgan fingerprint density at radius 3 is 2.10 bits per heavy atom. The number of sulfone groups is 1. The molecule has 5 nitrogen and oxygen atoms in total. The lowest BCUT2D eigenvalue weighted by molar-refractivity contribution is 0.601. The molecule has 1 heterocycles. The monoisotopic (exact) mass is 401 g/mol. The van der Waals surface area contributed by atoms with Crippen molar-refractivity contribution < 1.29 is 12.8 Å². The number of hydrogen-bond donors (Lipinski definition) is 0. The van der Waals surface area contributed by atoms with E-state index < -0.39 is 9.84 Å². The topological polar surface area (TPSA) is 88.1 Å². The Labute approximate surface area is 167 Å². The van der Waals surface area contributed by atoms with Crippen molar-refractivity contribution in [3.63, 3.8) is 0 Å². The lowest BCUT2D eigenvalue weighted by atomic mass is 9.97. The smallest absolute Gasteiger partial charge is 0.201 e. The molecule has 142 valence electrons. The van der Waals surface area contributed by atoms with Crippen LogP contribution in [0.2, 0.25) is 0 Å². The van der Waals surface area contributed by atoms with E-state index >= 15 is 0 Å². The summed E-state index contributed by atoms with van der Waals surface area (Å²) >= 11 is 0. The zero-order valence-electron chi connectivity index (χ0n) is 15.4. The van der Waals surface area contributed by atoms with E-state index in [1.54, 1.807) is 60.7 Å². The maximum absolute atomic E-state index is 13.3. The summed E-state index contributed by atoms with van der Waals surface area (Å²) in [4.78, 5) is 13.5. The number of nitrogens with zero attached hydrogens (tertiary/aromatic N) is 1. The van der Waals surface area contributed by atoms with Crippen LogP contribution in [0.15, 0.2) is 86.9 Å². The minimum atomic E-state index is -3.34. The van der Waals surface area contributed by atoms with Crippen molar-refractivity contribution >= 4 is 20.8 Å². The van der Waals surface area contributed by atoms with E-state index in [0.29, 0.717) is 39.0 Å². The largest absolute Gasteiger partial charge is 0.455 e. The highest BCUT2D eigenvalue weighted by atomic mass is 32.2. The van der Waals surface area contributed by atoms with Crippen LogP contribution in [0.4, 0.5) is 0 Å². The van der Waals surface area contributed by atoms with Crippen LogP contribution in [0, 0.1) is 11.3 Å². The van der Waals surface area contributed by atoms with E-state index in [9.17, 15) is 13.2 Å². The number of fused-ring (bicyclic) bond motifs is 1. The lowest BCUT2D eigenvalue weighted by Crippen LogP contribution is -2.07. The summed E-state index contributed by atoms with van der Waals surface area (Å²) in [5.41, 5.74) is 2.29. The van der Waals surface area contributed by atoms with Crippen LogP contribution in [0.25, 0.3) is 33.4 Å². The molecule has 4 aromatic rings. The predicted octanol–water partition coefficient (Wildman–Crippen LogP) is 4.40. The number of para-hydroxylation sites is 1. The molecule has 6 heteroatoms. The molecule has 0 atom stereocenters. The third-order valence-corrected chi connectivity index (χ3v) is 5.77. The van der Waals surface area contributed by atoms with Crippen LogP contribution in [-0.2, 0) is 9.84 Å². The molecule has 0 fully saturated rings. The molecule has 0 aliphatic heterocycles. The Morgan fingerprint density at radius 2 is 1.48 bits per heavy atom. The third kappa shape index (κ3) is 3.44. The molecular weight excluding hydrogens is 386 g/mol. The highest BCUT2D eigenvalue weighted by Crippen LogP contribution is 2.33. The molecule has 0 aliphatic rings. The van der Waals surface area contributed by atoms with Crippen LogP contribution in [0.5, 0.6) is 0 Å². The fourth-order valence-electron chi connectivity index (χ4n) is 3.17. The molecule has 0 saturated heterocycles. The zero-order valence-corrected chi connectivity index (χ0v) is 16.2. The van der Waals surface area contributed by atoms with Crippen LogP contribution in [0.3, 0.4) is 0 Å². The quantitative estimate of drug-likeness (QED) is 0.508. The molecule has 0 N–H and O–H groups in total. The van der Waals surface area contributed by atoms with Crippen molar-refractivity contribution in [1.82, 2.24) is 0 Å². The number of hydrogen-bond acceptors (Lipinski definition) is 5. The second-order valence-corrected chi connectivity index (χ2v) is 8.63. The van der Waals surface area contributed by atoms with E-state index in [1.165, 1.54) is 12.1 Å². The predicted molar refractivity (Wildman–Crippen MR) is 111 cm³/mol. The molecule has 0 spiro atoms. The lowest BCUT2D eigenvalue weighted by Gasteiger charge is -2.11. The van der Waals surface area contributed by atoms with Crippen LogP contribution < -0.4 is 5.43 Å². The van der Waals surface area contributed by atoms with Gasteiger partial charge >= 0.3 is 0 Å². The van der Waals surface area contributed by atoms with Gasteiger partial charge in [0.15, 0.2) is 9.84 Å². The highest BCUT2D eigenvalue weighted by Gasteiger charge is 2.18. The van der Waals surface area contributed by atoms with Gasteiger partial charge in [0, 0.05) is 11.8 Å². The Morgan fingerprint density at radius 1 is 0.862 bits per heavy atom. The summed E-state index contributed by atoms with van der Waals surface area (Å²) in [5.74, 6) is 0.346. The van der Waals surface area contributed by atoms with E-state index in [2.05, 4.69) is 6.07 Å². The molecule has 0 unspecified atom stereocenters. The van der Waals surface area contributed by atoms with E-state index in [-0.39, 0.29) is 10.3 Å². The molecular formula is C23H15NO4S. The van der Waals surface area contributed by atoms with Crippen molar-refractivity contribution in [1.29, 1.82) is 5.26 Å². The summed E-state index contributed by atoms with van der Waals surface area (Å²) in [7, 11) is -3.34. The molecule has 0 bridgehead atoms. The Hall–Kier alpha value is -3.69. The molecule has 0 radical (unpaired) electrons. The van der Waals surface area contributed by atoms with Gasteiger partial charge in [0.2, 0.25) is 5.43 Å². The maximum Gasteiger partial charge on any atom is 0.201 e. The van der Waals surface area contributed by atoms with E-state index in [1.807, 2.05) is 0 Å². The van der Waals surface area contributed by atoms with Gasteiger partial charge in [-0.2, -0.15) is 5.26 Å². The normalized spacial score (nSPS) is 11.3. The Bertz CT molecular complexity index is 1430. The molecule has 4 rings (SSSR count). The summed E-state index contributed by atoms with van der Waals surface area (Å²) in [6.45, 7) is 0. The van der Waals surface area contributed by atoms with Gasteiger partial charge in [0.25, 0.3) is 0 Å². The maximum atomic E-state index is 13.3.